The van der Waals surface area contributed by atoms with Crippen molar-refractivity contribution in [1.29, 1.82) is 0 Å². The highest BCUT2D eigenvalue weighted by Gasteiger charge is 2.14. The van der Waals surface area contributed by atoms with E-state index in [0.717, 1.165) is 4.47 Å². The molecule has 4 aromatic rings. The standard InChI is InChI=1S/C23H17BrN2O4/c1-2-29-20-12-9-15(24)13-18(20)21(27)25-16-10-7-14(8-11-16)22-26-19-6-4-3-5-17(19)23(28)30-22/h3-13H,2H2,1H3,(H,25,27). The van der Waals surface area contributed by atoms with E-state index in [0.29, 0.717) is 40.1 Å². The zero-order valence-electron chi connectivity index (χ0n) is 16.0. The van der Waals surface area contributed by atoms with Crippen molar-refractivity contribution < 1.29 is 13.9 Å². The molecule has 1 amide bonds. The van der Waals surface area contributed by atoms with Gasteiger partial charge in [-0.15, -0.1) is 0 Å². The van der Waals surface area contributed by atoms with Crippen LogP contribution in [0.25, 0.3) is 22.4 Å². The van der Waals surface area contributed by atoms with Gasteiger partial charge in [0.1, 0.15) is 5.75 Å². The molecule has 0 spiro atoms. The molecule has 7 heteroatoms. The summed E-state index contributed by atoms with van der Waals surface area (Å²) in [6.07, 6.45) is 0. The van der Waals surface area contributed by atoms with E-state index >= 15 is 0 Å². The maximum Gasteiger partial charge on any atom is 0.347 e. The molecule has 1 N–H and O–H groups in total. The minimum absolute atomic E-state index is 0.224. The summed E-state index contributed by atoms with van der Waals surface area (Å²) in [6.45, 7) is 2.32. The van der Waals surface area contributed by atoms with E-state index in [1.807, 2.05) is 19.1 Å². The Hall–Kier alpha value is -3.45. The summed E-state index contributed by atoms with van der Waals surface area (Å²) < 4.78 is 11.7. The quantitative estimate of drug-likeness (QED) is 0.435. The highest BCUT2D eigenvalue weighted by Crippen LogP contribution is 2.25. The number of carbonyl (C=O) groups is 1. The number of rotatable bonds is 5. The molecule has 0 bridgehead atoms. The minimum atomic E-state index is -0.439. The third kappa shape index (κ3) is 4.11. The molecule has 1 aromatic heterocycles. The lowest BCUT2D eigenvalue weighted by molar-refractivity contribution is 0.102. The largest absolute Gasteiger partial charge is 0.493 e. The summed E-state index contributed by atoms with van der Waals surface area (Å²) in [4.78, 5) is 29.3. The van der Waals surface area contributed by atoms with Gasteiger partial charge in [0.15, 0.2) is 0 Å². The molecular formula is C23H17BrN2O4. The van der Waals surface area contributed by atoms with Crippen LogP contribution in [-0.2, 0) is 0 Å². The zero-order valence-corrected chi connectivity index (χ0v) is 17.6. The van der Waals surface area contributed by atoms with Crippen LogP contribution < -0.4 is 15.7 Å². The fourth-order valence-corrected chi connectivity index (χ4v) is 3.36. The van der Waals surface area contributed by atoms with E-state index in [1.54, 1.807) is 54.6 Å². The summed E-state index contributed by atoms with van der Waals surface area (Å²) >= 11 is 3.38. The molecule has 0 fully saturated rings. The first-order valence-corrected chi connectivity index (χ1v) is 10.1. The fraction of sp³-hybridized carbons (Fsp3) is 0.0870. The summed E-state index contributed by atoms with van der Waals surface area (Å²) in [5.74, 6) is 0.446. The highest BCUT2D eigenvalue weighted by molar-refractivity contribution is 9.10. The number of nitrogens with zero attached hydrogens (tertiary/aromatic N) is 1. The molecule has 3 aromatic carbocycles. The first-order valence-electron chi connectivity index (χ1n) is 9.29. The van der Waals surface area contributed by atoms with Crippen LogP contribution in [0.3, 0.4) is 0 Å². The maximum atomic E-state index is 12.7. The number of carbonyl (C=O) groups excluding carboxylic acids is 1. The van der Waals surface area contributed by atoms with Crippen LogP contribution in [0.5, 0.6) is 5.75 Å². The Morgan fingerprint density at radius 1 is 1.10 bits per heavy atom. The van der Waals surface area contributed by atoms with Gasteiger partial charge in [0.2, 0.25) is 5.89 Å². The van der Waals surface area contributed by atoms with E-state index in [4.69, 9.17) is 9.15 Å². The van der Waals surface area contributed by atoms with Gasteiger partial charge < -0.3 is 14.5 Å². The van der Waals surface area contributed by atoms with Crippen LogP contribution in [0.1, 0.15) is 17.3 Å². The average Bonchev–Trinajstić information content (AvgIpc) is 2.75. The first-order chi connectivity index (χ1) is 14.5. The topological polar surface area (TPSA) is 81.4 Å². The van der Waals surface area contributed by atoms with Crippen molar-refractivity contribution in [3.05, 3.63) is 87.2 Å². The van der Waals surface area contributed by atoms with E-state index in [-0.39, 0.29) is 11.8 Å². The maximum absolute atomic E-state index is 12.7. The summed E-state index contributed by atoms with van der Waals surface area (Å²) in [6, 6.07) is 19.2. The number of nitrogens with one attached hydrogen (secondary N) is 1. The summed E-state index contributed by atoms with van der Waals surface area (Å²) in [5, 5.41) is 3.29. The Labute approximate surface area is 180 Å². The number of aromatic nitrogens is 1. The number of anilines is 1. The molecule has 4 rings (SSSR count). The monoisotopic (exact) mass is 464 g/mol. The average molecular weight is 465 g/mol. The number of hydrogen-bond acceptors (Lipinski definition) is 5. The van der Waals surface area contributed by atoms with Gasteiger partial charge in [-0.05, 0) is 61.5 Å². The Morgan fingerprint density at radius 3 is 2.63 bits per heavy atom. The van der Waals surface area contributed by atoms with Gasteiger partial charge in [-0.1, -0.05) is 28.1 Å². The Balaban J connectivity index is 1.58. The molecule has 0 aliphatic carbocycles. The number of hydrogen-bond donors (Lipinski definition) is 1. The Bertz CT molecular complexity index is 1280. The first kappa shape index (κ1) is 19.8. The SMILES string of the molecule is CCOc1ccc(Br)cc1C(=O)Nc1ccc(-c2nc3ccccc3c(=O)o2)cc1. The van der Waals surface area contributed by atoms with Crippen LogP contribution in [0.15, 0.2) is 80.4 Å². The molecule has 0 aliphatic heterocycles. The normalized spacial score (nSPS) is 10.7. The van der Waals surface area contributed by atoms with Gasteiger partial charge in [-0.2, -0.15) is 0 Å². The second-order valence-corrected chi connectivity index (χ2v) is 7.34. The predicted octanol–water partition coefficient (Wildman–Crippen LogP) is 5.27. The van der Waals surface area contributed by atoms with Crippen molar-refractivity contribution in [2.75, 3.05) is 11.9 Å². The molecule has 6 nitrogen and oxygen atoms in total. The third-order valence-electron chi connectivity index (χ3n) is 4.41. The second-order valence-electron chi connectivity index (χ2n) is 6.43. The number of amides is 1. The minimum Gasteiger partial charge on any atom is -0.493 e. The number of ether oxygens (including phenoxy) is 1. The Morgan fingerprint density at radius 2 is 1.87 bits per heavy atom. The summed E-state index contributed by atoms with van der Waals surface area (Å²) in [7, 11) is 0. The molecule has 0 atom stereocenters. The molecule has 1 heterocycles. The van der Waals surface area contributed by atoms with E-state index in [1.165, 1.54) is 0 Å². The van der Waals surface area contributed by atoms with Crippen LogP contribution in [0.2, 0.25) is 0 Å². The van der Waals surface area contributed by atoms with Gasteiger partial charge in [0, 0.05) is 15.7 Å². The zero-order chi connectivity index (χ0) is 21.1. The van der Waals surface area contributed by atoms with Crippen LogP contribution in [0.4, 0.5) is 5.69 Å². The lowest BCUT2D eigenvalue weighted by Crippen LogP contribution is -2.13. The molecule has 150 valence electrons. The highest BCUT2D eigenvalue weighted by atomic mass is 79.9. The molecular weight excluding hydrogens is 448 g/mol. The van der Waals surface area contributed by atoms with Gasteiger partial charge in [0.25, 0.3) is 5.91 Å². The van der Waals surface area contributed by atoms with Gasteiger partial charge in [-0.25, -0.2) is 9.78 Å². The molecule has 0 aliphatic rings. The van der Waals surface area contributed by atoms with Crippen molar-refractivity contribution >= 4 is 38.4 Å². The van der Waals surface area contributed by atoms with E-state index < -0.39 is 5.63 Å². The van der Waals surface area contributed by atoms with Crippen molar-refractivity contribution in [3.8, 4) is 17.2 Å². The lowest BCUT2D eigenvalue weighted by atomic mass is 10.1. The molecule has 30 heavy (non-hydrogen) atoms. The Kier molecular flexibility index (Phi) is 5.63. The van der Waals surface area contributed by atoms with Crippen molar-refractivity contribution in [2.24, 2.45) is 0 Å². The van der Waals surface area contributed by atoms with E-state index in [9.17, 15) is 9.59 Å². The molecule has 0 saturated heterocycles. The van der Waals surface area contributed by atoms with Crippen LogP contribution in [0, 0.1) is 0 Å². The smallest absolute Gasteiger partial charge is 0.347 e. The number of fused-ring (bicyclic) bond motifs is 1. The van der Waals surface area contributed by atoms with Gasteiger partial charge >= 0.3 is 5.63 Å². The molecule has 0 unspecified atom stereocenters. The third-order valence-corrected chi connectivity index (χ3v) is 4.90. The fourth-order valence-electron chi connectivity index (χ4n) is 3.00. The van der Waals surface area contributed by atoms with Crippen LogP contribution >= 0.6 is 15.9 Å². The second kappa shape index (κ2) is 8.51. The van der Waals surface area contributed by atoms with Crippen molar-refractivity contribution in [2.45, 2.75) is 6.92 Å². The number of para-hydroxylation sites is 1. The van der Waals surface area contributed by atoms with Crippen molar-refractivity contribution in [1.82, 2.24) is 4.98 Å². The van der Waals surface area contributed by atoms with Crippen LogP contribution in [-0.4, -0.2) is 17.5 Å². The number of benzene rings is 3. The molecule has 0 radical (unpaired) electrons. The van der Waals surface area contributed by atoms with Gasteiger partial charge in [-0.3, -0.25) is 4.79 Å². The molecule has 0 saturated carbocycles. The lowest BCUT2D eigenvalue weighted by Gasteiger charge is -2.11. The number of halogens is 1. The van der Waals surface area contributed by atoms with E-state index in [2.05, 4.69) is 26.2 Å². The predicted molar refractivity (Wildman–Crippen MR) is 119 cm³/mol. The summed E-state index contributed by atoms with van der Waals surface area (Å²) in [5.41, 5.74) is 1.78. The van der Waals surface area contributed by atoms with Gasteiger partial charge in [0.05, 0.1) is 23.1 Å². The van der Waals surface area contributed by atoms with Crippen molar-refractivity contribution in [3.63, 3.8) is 0 Å².